The fourth-order valence-corrected chi connectivity index (χ4v) is 4.50. The molecule has 8 nitrogen and oxygen atoms in total. The summed E-state index contributed by atoms with van der Waals surface area (Å²) in [5.41, 5.74) is 2.48. The van der Waals surface area contributed by atoms with Gasteiger partial charge in [-0.1, -0.05) is 61.5 Å². The number of aromatic nitrogens is 2. The third-order valence-corrected chi connectivity index (χ3v) is 6.41. The summed E-state index contributed by atoms with van der Waals surface area (Å²) in [6.07, 6.45) is 0.880. The number of rotatable bonds is 9. The van der Waals surface area contributed by atoms with Crippen molar-refractivity contribution in [3.05, 3.63) is 71.4 Å². The lowest BCUT2D eigenvalue weighted by molar-refractivity contribution is -0.137. The molecule has 1 N–H and O–H groups in total. The molecule has 2 aromatic carbocycles. The van der Waals surface area contributed by atoms with Crippen LogP contribution in [0.4, 0.5) is 4.39 Å². The predicted molar refractivity (Wildman–Crippen MR) is 138 cm³/mol. The van der Waals surface area contributed by atoms with E-state index in [1.54, 1.807) is 23.1 Å². The zero-order chi connectivity index (χ0) is 26.4. The number of carbonyl (C=O) groups is 2. The zero-order valence-corrected chi connectivity index (χ0v) is 21.6. The highest BCUT2D eigenvalue weighted by Crippen LogP contribution is 2.19. The van der Waals surface area contributed by atoms with E-state index < -0.39 is 6.04 Å². The van der Waals surface area contributed by atoms with Crippen LogP contribution in [0.3, 0.4) is 0 Å². The van der Waals surface area contributed by atoms with Gasteiger partial charge in [0.05, 0.1) is 0 Å². The Balaban J connectivity index is 1.31. The lowest BCUT2D eigenvalue weighted by Crippen LogP contribution is -2.55. The quantitative estimate of drug-likeness (QED) is 0.477. The lowest BCUT2D eigenvalue weighted by atomic mass is 10.0. The number of hydrogen-bond donors (Lipinski definition) is 1. The molecule has 0 unspecified atom stereocenters. The Bertz CT molecular complexity index is 1200. The average Bonchev–Trinajstić information content (AvgIpc) is 3.33. The summed E-state index contributed by atoms with van der Waals surface area (Å²) in [5, 5.41) is 6.80. The molecule has 1 aromatic heterocycles. The molecule has 2 heterocycles. The van der Waals surface area contributed by atoms with Crippen LogP contribution < -0.4 is 5.32 Å². The van der Waals surface area contributed by atoms with E-state index in [0.717, 1.165) is 24.1 Å². The molecule has 9 heteroatoms. The van der Waals surface area contributed by atoms with Gasteiger partial charge < -0.3 is 14.7 Å². The van der Waals surface area contributed by atoms with E-state index in [4.69, 9.17) is 4.52 Å². The largest absolute Gasteiger partial charge is 0.344 e. The highest BCUT2D eigenvalue weighted by atomic mass is 19.1. The van der Waals surface area contributed by atoms with Crippen LogP contribution in [-0.2, 0) is 29.0 Å². The summed E-state index contributed by atoms with van der Waals surface area (Å²) in [6, 6.07) is 13.7. The number of nitrogens with zero attached hydrogens (tertiary/aromatic N) is 4. The first kappa shape index (κ1) is 26.5. The molecule has 196 valence electrons. The molecular formula is C28H34FN5O3. The van der Waals surface area contributed by atoms with Gasteiger partial charge in [0.15, 0.2) is 0 Å². The van der Waals surface area contributed by atoms with E-state index in [0.29, 0.717) is 49.4 Å². The number of amides is 2. The van der Waals surface area contributed by atoms with Crippen molar-refractivity contribution < 1.29 is 18.5 Å². The molecule has 0 saturated carbocycles. The van der Waals surface area contributed by atoms with Crippen LogP contribution >= 0.6 is 0 Å². The molecular weight excluding hydrogens is 473 g/mol. The van der Waals surface area contributed by atoms with Crippen LogP contribution in [0.2, 0.25) is 0 Å². The molecule has 37 heavy (non-hydrogen) atoms. The topological polar surface area (TPSA) is 91.6 Å². The minimum atomic E-state index is -0.792. The average molecular weight is 508 g/mol. The second-order valence-electron chi connectivity index (χ2n) is 9.96. The molecule has 0 bridgehead atoms. The Labute approximate surface area is 216 Å². The van der Waals surface area contributed by atoms with Gasteiger partial charge in [0.2, 0.25) is 23.5 Å². The second kappa shape index (κ2) is 12.1. The molecule has 1 saturated heterocycles. The van der Waals surface area contributed by atoms with Crippen molar-refractivity contribution in [2.45, 2.75) is 46.2 Å². The number of halogens is 1. The van der Waals surface area contributed by atoms with Gasteiger partial charge in [-0.2, -0.15) is 4.98 Å². The third kappa shape index (κ3) is 7.22. The normalized spacial score (nSPS) is 15.1. The molecule has 4 rings (SSSR count). The molecule has 1 atom stereocenters. The van der Waals surface area contributed by atoms with Gasteiger partial charge in [-0.25, -0.2) is 4.39 Å². The summed E-state index contributed by atoms with van der Waals surface area (Å²) in [4.78, 5) is 33.5. The first-order valence-corrected chi connectivity index (χ1v) is 12.7. The monoisotopic (exact) mass is 507 g/mol. The summed E-state index contributed by atoms with van der Waals surface area (Å²) in [7, 11) is 0. The van der Waals surface area contributed by atoms with Crippen LogP contribution in [0.15, 0.2) is 53.1 Å². The highest BCUT2D eigenvalue weighted by molar-refractivity contribution is 5.87. The third-order valence-electron chi connectivity index (χ3n) is 6.41. The van der Waals surface area contributed by atoms with Crippen molar-refractivity contribution in [2.75, 3.05) is 26.2 Å². The molecule has 2 amide bonds. The van der Waals surface area contributed by atoms with Crippen molar-refractivity contribution in [3.8, 4) is 11.4 Å². The van der Waals surface area contributed by atoms with E-state index in [-0.39, 0.29) is 24.1 Å². The van der Waals surface area contributed by atoms with Gasteiger partial charge >= 0.3 is 0 Å². The molecule has 3 aromatic rings. The minimum Gasteiger partial charge on any atom is -0.344 e. The smallest absolute Gasteiger partial charge is 0.245 e. The van der Waals surface area contributed by atoms with Crippen molar-refractivity contribution in [1.82, 2.24) is 25.3 Å². The number of carbonyl (C=O) groups excluding carboxylic acids is 2. The van der Waals surface area contributed by atoms with E-state index >= 15 is 0 Å². The van der Waals surface area contributed by atoms with Crippen LogP contribution in [0.25, 0.3) is 11.4 Å². The van der Waals surface area contributed by atoms with Crippen molar-refractivity contribution in [1.29, 1.82) is 0 Å². The fourth-order valence-electron chi connectivity index (χ4n) is 4.50. The van der Waals surface area contributed by atoms with Crippen LogP contribution in [0, 0.1) is 11.7 Å². The summed E-state index contributed by atoms with van der Waals surface area (Å²) in [5.74, 6) is 0.828. The number of benzene rings is 2. The maximum Gasteiger partial charge on any atom is 0.245 e. The first-order valence-electron chi connectivity index (χ1n) is 12.7. The maximum atomic E-state index is 14.2. The van der Waals surface area contributed by atoms with Crippen molar-refractivity contribution in [3.63, 3.8) is 0 Å². The van der Waals surface area contributed by atoms with Crippen LogP contribution in [0.1, 0.15) is 37.8 Å². The Morgan fingerprint density at radius 2 is 1.73 bits per heavy atom. The second-order valence-corrected chi connectivity index (χ2v) is 9.96. The Morgan fingerprint density at radius 1 is 1.03 bits per heavy atom. The number of piperazine rings is 1. The van der Waals surface area contributed by atoms with E-state index in [1.165, 1.54) is 13.0 Å². The van der Waals surface area contributed by atoms with Crippen LogP contribution in [-0.4, -0.2) is 64.0 Å². The van der Waals surface area contributed by atoms with Gasteiger partial charge in [0.25, 0.3) is 0 Å². The SMILES string of the molecule is CC(=O)N[C@@H](Cc1ccccc1F)C(=O)N1CCN(Cc2ccc(-c3noc(CC(C)C)n3)cc2)CC1. The lowest BCUT2D eigenvalue weighted by Gasteiger charge is -2.36. The Hall–Kier alpha value is -3.59. The summed E-state index contributed by atoms with van der Waals surface area (Å²) >= 11 is 0. The van der Waals surface area contributed by atoms with Gasteiger partial charge in [-0.15, -0.1) is 0 Å². The molecule has 0 spiro atoms. The Morgan fingerprint density at radius 3 is 2.38 bits per heavy atom. The van der Waals surface area contributed by atoms with E-state index in [2.05, 4.69) is 46.3 Å². The van der Waals surface area contributed by atoms with Gasteiger partial charge in [0, 0.05) is 58.1 Å². The van der Waals surface area contributed by atoms with E-state index in [9.17, 15) is 14.0 Å². The molecule has 1 aliphatic heterocycles. The summed E-state index contributed by atoms with van der Waals surface area (Å²) < 4.78 is 19.5. The minimum absolute atomic E-state index is 0.122. The van der Waals surface area contributed by atoms with Crippen LogP contribution in [0.5, 0.6) is 0 Å². The number of hydrogen-bond acceptors (Lipinski definition) is 6. The standard InChI is InChI=1S/C28H34FN5O3/c1-19(2)16-26-31-27(32-37-26)22-10-8-21(9-11-22)18-33-12-14-34(15-13-33)28(36)25(30-20(3)35)17-23-6-4-5-7-24(23)29/h4-11,19,25H,12-18H2,1-3H3,(H,30,35)/t25-/m0/s1. The first-order chi connectivity index (χ1) is 17.8. The molecule has 0 aliphatic carbocycles. The fraction of sp³-hybridized carbons (Fsp3) is 0.429. The Kier molecular flexibility index (Phi) is 8.66. The van der Waals surface area contributed by atoms with Crippen molar-refractivity contribution in [2.24, 2.45) is 5.92 Å². The molecule has 1 fully saturated rings. The molecule has 0 radical (unpaired) electrons. The summed E-state index contributed by atoms with van der Waals surface area (Å²) in [6.45, 7) is 8.87. The van der Waals surface area contributed by atoms with Gasteiger partial charge in [0.1, 0.15) is 11.9 Å². The van der Waals surface area contributed by atoms with Gasteiger partial charge in [-0.05, 0) is 23.1 Å². The predicted octanol–water partition coefficient (Wildman–Crippen LogP) is 3.47. The van der Waals surface area contributed by atoms with E-state index in [1.807, 2.05) is 12.1 Å². The number of nitrogens with one attached hydrogen (secondary N) is 1. The maximum absolute atomic E-state index is 14.2. The van der Waals surface area contributed by atoms with Gasteiger partial charge in [-0.3, -0.25) is 14.5 Å². The zero-order valence-electron chi connectivity index (χ0n) is 21.6. The highest BCUT2D eigenvalue weighted by Gasteiger charge is 2.29. The molecule has 1 aliphatic rings. The van der Waals surface area contributed by atoms with Crippen molar-refractivity contribution >= 4 is 11.8 Å².